The van der Waals surface area contributed by atoms with E-state index >= 15 is 0 Å². The molecule has 2 heterocycles. The minimum atomic E-state index is -0.0720. The summed E-state index contributed by atoms with van der Waals surface area (Å²) >= 11 is 0. The molecule has 8 heteroatoms. The molecule has 1 N–H and O–H groups in total. The lowest BCUT2D eigenvalue weighted by Gasteiger charge is -2.61. The zero-order valence-corrected chi connectivity index (χ0v) is 16.3. The number of carbonyl (C=O) groups is 1. The maximum atomic E-state index is 13.0. The molecule has 8 nitrogen and oxygen atoms in total. The second-order valence-corrected chi connectivity index (χ2v) is 9.67. The Morgan fingerprint density at radius 3 is 2.70 bits per heavy atom. The first-order chi connectivity index (χ1) is 13.0. The minimum absolute atomic E-state index is 0.0425. The molecule has 1 aromatic heterocycles. The summed E-state index contributed by atoms with van der Waals surface area (Å²) < 4.78 is 0. The molecule has 6 rings (SSSR count). The van der Waals surface area contributed by atoms with Crippen molar-refractivity contribution in [2.45, 2.75) is 56.0 Å². The van der Waals surface area contributed by atoms with E-state index in [1.165, 1.54) is 6.42 Å². The molecule has 1 aromatic rings. The smallest absolute Gasteiger partial charge is 0.234 e. The number of amides is 1. The van der Waals surface area contributed by atoms with Crippen LogP contribution in [0.15, 0.2) is 6.33 Å². The fraction of sp³-hybridized carbons (Fsp3) is 0.895. The average Bonchev–Trinajstić information content (AvgIpc) is 3.06. The minimum Gasteiger partial charge on any atom is -0.349 e. The molecule has 4 aliphatic carbocycles. The number of nitrogens with one attached hydrogen (secondary N) is 1. The summed E-state index contributed by atoms with van der Waals surface area (Å²) in [7, 11) is 2.16. The number of rotatable bonds is 4. The van der Waals surface area contributed by atoms with E-state index in [1.807, 2.05) is 4.80 Å². The first-order valence-electron chi connectivity index (χ1n) is 10.5. The van der Waals surface area contributed by atoms with Crippen LogP contribution in [-0.4, -0.2) is 81.2 Å². The van der Waals surface area contributed by atoms with Crippen molar-refractivity contribution in [2.24, 2.45) is 11.8 Å². The second kappa shape index (κ2) is 6.51. The van der Waals surface area contributed by atoms with Crippen LogP contribution in [0.3, 0.4) is 0 Å². The highest BCUT2D eigenvalue weighted by Crippen LogP contribution is 2.60. The molecular formula is C19H31N7O. The van der Waals surface area contributed by atoms with Gasteiger partial charge >= 0.3 is 0 Å². The van der Waals surface area contributed by atoms with Crippen LogP contribution in [0.1, 0.15) is 44.9 Å². The summed E-state index contributed by atoms with van der Waals surface area (Å²) in [6.45, 7) is 4.69. The molecule has 0 radical (unpaired) electrons. The molecule has 27 heavy (non-hydrogen) atoms. The largest absolute Gasteiger partial charge is 0.349 e. The Kier molecular flexibility index (Phi) is 4.23. The van der Waals surface area contributed by atoms with Crippen molar-refractivity contribution in [2.75, 3.05) is 39.8 Å². The molecule has 2 atom stereocenters. The number of tetrazole rings is 1. The van der Waals surface area contributed by atoms with Crippen LogP contribution in [0, 0.1) is 11.8 Å². The Bertz CT molecular complexity index is 676. The highest BCUT2D eigenvalue weighted by molar-refractivity contribution is 5.79. The van der Waals surface area contributed by atoms with E-state index in [0.29, 0.717) is 18.4 Å². The third-order valence-electron chi connectivity index (χ3n) is 7.39. The van der Waals surface area contributed by atoms with Gasteiger partial charge in [-0.1, -0.05) is 0 Å². The van der Waals surface area contributed by atoms with Gasteiger partial charge in [0.05, 0.1) is 12.1 Å². The van der Waals surface area contributed by atoms with E-state index in [0.717, 1.165) is 64.7 Å². The van der Waals surface area contributed by atoms with E-state index in [1.54, 1.807) is 6.33 Å². The van der Waals surface area contributed by atoms with Crippen molar-refractivity contribution in [1.82, 2.24) is 35.3 Å². The van der Waals surface area contributed by atoms with Gasteiger partial charge in [0, 0.05) is 18.6 Å². The van der Waals surface area contributed by atoms with Crippen molar-refractivity contribution in [3.8, 4) is 0 Å². The first-order valence-corrected chi connectivity index (χ1v) is 10.5. The molecule has 1 saturated heterocycles. The molecule has 5 aliphatic rings. The van der Waals surface area contributed by atoms with E-state index < -0.39 is 0 Å². The Labute approximate surface area is 160 Å². The number of carbonyl (C=O) groups excluding carboxylic acids is 1. The number of nitrogens with zero attached hydrogens (tertiary/aromatic N) is 6. The molecule has 148 valence electrons. The zero-order chi connectivity index (χ0) is 18.5. The summed E-state index contributed by atoms with van der Waals surface area (Å²) in [6, 6.07) is 0. The molecule has 0 aromatic carbocycles. The van der Waals surface area contributed by atoms with Crippen LogP contribution in [0.2, 0.25) is 0 Å². The standard InChI is InChI=1S/C19H31N7O/c1-24-3-2-4-25(6-5-24)12-17(27)22-18-8-15-7-16(9-18)11-19(10-15,13-18)26-21-14-20-23-26/h14-16H,2-13H2,1H3,(H,22,27). The lowest BCUT2D eigenvalue weighted by molar-refractivity contribution is -0.132. The van der Waals surface area contributed by atoms with E-state index in [2.05, 4.69) is 37.6 Å². The third-order valence-corrected chi connectivity index (χ3v) is 7.39. The SMILES string of the molecule is CN1CCCN(CC(=O)NC23CC4CC(C2)CC(n2ncnn2)(C4)C3)CC1. The summed E-state index contributed by atoms with van der Waals surface area (Å²) in [5.74, 6) is 1.54. The van der Waals surface area contributed by atoms with Crippen LogP contribution in [0.5, 0.6) is 0 Å². The third kappa shape index (κ3) is 3.27. The summed E-state index contributed by atoms with van der Waals surface area (Å²) in [5.41, 5.74) is -0.114. The second-order valence-electron chi connectivity index (χ2n) is 9.67. The van der Waals surface area contributed by atoms with E-state index in [9.17, 15) is 4.79 Å². The predicted octanol–water partition coefficient (Wildman–Crippen LogP) is 0.475. The topological polar surface area (TPSA) is 79.2 Å². The lowest BCUT2D eigenvalue weighted by Crippen LogP contribution is -2.66. The molecule has 1 aliphatic heterocycles. The molecular weight excluding hydrogens is 342 g/mol. The quantitative estimate of drug-likeness (QED) is 0.827. The van der Waals surface area contributed by atoms with Gasteiger partial charge in [0.15, 0.2) is 6.33 Å². The monoisotopic (exact) mass is 373 g/mol. The number of hydrogen-bond acceptors (Lipinski definition) is 6. The summed E-state index contributed by atoms with van der Waals surface area (Å²) in [6.07, 6.45) is 9.44. The van der Waals surface area contributed by atoms with E-state index in [-0.39, 0.29) is 17.0 Å². The molecule has 1 amide bonds. The van der Waals surface area contributed by atoms with Crippen LogP contribution in [-0.2, 0) is 10.3 Å². The van der Waals surface area contributed by atoms with Gasteiger partial charge in [-0.3, -0.25) is 9.69 Å². The van der Waals surface area contributed by atoms with Crippen LogP contribution in [0.4, 0.5) is 0 Å². The van der Waals surface area contributed by atoms with Crippen molar-refractivity contribution in [3.63, 3.8) is 0 Å². The highest BCUT2D eigenvalue weighted by Gasteiger charge is 2.60. The average molecular weight is 374 g/mol. The van der Waals surface area contributed by atoms with Gasteiger partial charge in [-0.05, 0) is 82.1 Å². The van der Waals surface area contributed by atoms with Crippen molar-refractivity contribution < 1.29 is 4.79 Å². The highest BCUT2D eigenvalue weighted by atomic mass is 16.2. The Morgan fingerprint density at radius 1 is 1.15 bits per heavy atom. The Hall–Kier alpha value is -1.54. The van der Waals surface area contributed by atoms with Gasteiger partial charge in [-0.15, -0.1) is 10.2 Å². The zero-order valence-electron chi connectivity index (χ0n) is 16.3. The summed E-state index contributed by atoms with van der Waals surface area (Å²) in [4.78, 5) is 19.5. The molecule has 4 bridgehead atoms. The number of hydrogen-bond donors (Lipinski definition) is 1. The van der Waals surface area contributed by atoms with Crippen molar-refractivity contribution >= 4 is 5.91 Å². The molecule has 0 spiro atoms. The Morgan fingerprint density at radius 2 is 1.96 bits per heavy atom. The van der Waals surface area contributed by atoms with Gasteiger partial charge in [-0.2, -0.15) is 4.80 Å². The van der Waals surface area contributed by atoms with Gasteiger partial charge in [0.1, 0.15) is 0 Å². The lowest BCUT2D eigenvalue weighted by atomic mass is 9.50. The van der Waals surface area contributed by atoms with Gasteiger partial charge in [0.2, 0.25) is 5.91 Å². The van der Waals surface area contributed by atoms with Crippen molar-refractivity contribution in [3.05, 3.63) is 6.33 Å². The number of aromatic nitrogens is 4. The van der Waals surface area contributed by atoms with Gasteiger partial charge in [-0.25, -0.2) is 0 Å². The molecule has 4 saturated carbocycles. The van der Waals surface area contributed by atoms with Crippen LogP contribution < -0.4 is 5.32 Å². The van der Waals surface area contributed by atoms with Gasteiger partial charge in [0.25, 0.3) is 0 Å². The fourth-order valence-corrected chi connectivity index (χ4v) is 6.78. The van der Waals surface area contributed by atoms with E-state index in [4.69, 9.17) is 0 Å². The fourth-order valence-electron chi connectivity index (χ4n) is 6.78. The number of likely N-dealkylation sites (N-methyl/N-ethyl adjacent to an activating group) is 1. The van der Waals surface area contributed by atoms with Gasteiger partial charge < -0.3 is 10.2 Å². The van der Waals surface area contributed by atoms with Crippen LogP contribution >= 0.6 is 0 Å². The first kappa shape index (κ1) is 17.6. The maximum absolute atomic E-state index is 13.0. The molecule has 5 fully saturated rings. The van der Waals surface area contributed by atoms with Crippen LogP contribution in [0.25, 0.3) is 0 Å². The van der Waals surface area contributed by atoms with Crippen molar-refractivity contribution in [1.29, 1.82) is 0 Å². The maximum Gasteiger partial charge on any atom is 0.234 e. The Balaban J connectivity index is 1.29. The summed E-state index contributed by atoms with van der Waals surface area (Å²) in [5, 5.41) is 16.1. The predicted molar refractivity (Wildman–Crippen MR) is 99.9 cm³/mol. The molecule has 2 unspecified atom stereocenters. The normalized spacial score (nSPS) is 39.4.